The summed E-state index contributed by atoms with van der Waals surface area (Å²) in [7, 11) is 6.73. The average Bonchev–Trinajstić information content (AvgIpc) is 2.54. The lowest BCUT2D eigenvalue weighted by Crippen LogP contribution is -2.25. The van der Waals surface area contributed by atoms with Crippen molar-refractivity contribution < 1.29 is 14.3 Å². The molecule has 0 amide bonds. The third kappa shape index (κ3) is 1.53. The van der Waals surface area contributed by atoms with Crippen molar-refractivity contribution in [2.24, 2.45) is 0 Å². The van der Waals surface area contributed by atoms with Crippen LogP contribution >= 0.6 is 0 Å². The zero-order valence-electron chi connectivity index (χ0n) is 8.77. The van der Waals surface area contributed by atoms with E-state index in [-0.39, 0.29) is 0 Å². The Balaban J connectivity index is 3.33. The predicted molar refractivity (Wildman–Crippen MR) is 53.0 cm³/mol. The lowest BCUT2D eigenvalue weighted by Gasteiger charge is -2.19. The van der Waals surface area contributed by atoms with E-state index in [1.807, 2.05) is 14.1 Å². The molecule has 78 valence electrons. The maximum Gasteiger partial charge on any atom is 0.226 e. The van der Waals surface area contributed by atoms with Gasteiger partial charge in [-0.25, -0.2) is 0 Å². The zero-order chi connectivity index (χ0) is 10.7. The van der Waals surface area contributed by atoms with Gasteiger partial charge in [-0.2, -0.15) is 4.68 Å². The summed E-state index contributed by atoms with van der Waals surface area (Å²) in [5, 5.41) is 1.77. The number of carbonyl (C=O) groups is 1. The Morgan fingerprint density at radius 3 is 2.36 bits per heavy atom. The smallest absolute Gasteiger partial charge is 0.226 e. The lowest BCUT2D eigenvalue weighted by molar-refractivity contribution is 0.112. The average molecular weight is 198 g/mol. The van der Waals surface area contributed by atoms with Gasteiger partial charge in [-0.05, 0) is 0 Å². The highest BCUT2D eigenvalue weighted by atomic mass is 16.5. The molecule has 0 aliphatic heterocycles. The van der Waals surface area contributed by atoms with Crippen LogP contribution in [0, 0.1) is 0 Å². The van der Waals surface area contributed by atoms with Crippen LogP contribution in [-0.4, -0.2) is 39.3 Å². The molecule has 0 fully saturated rings. The Kier molecular flexibility index (Phi) is 3.01. The highest BCUT2D eigenvalue weighted by molar-refractivity contribution is 5.80. The van der Waals surface area contributed by atoms with Gasteiger partial charge in [0, 0.05) is 20.2 Å². The molecule has 0 unspecified atom stereocenters. The molecule has 0 aliphatic rings. The molecule has 1 aromatic heterocycles. The van der Waals surface area contributed by atoms with Crippen LogP contribution in [0.25, 0.3) is 0 Å². The van der Waals surface area contributed by atoms with Crippen LogP contribution in [0.3, 0.4) is 0 Å². The van der Waals surface area contributed by atoms with Crippen LogP contribution in [0.2, 0.25) is 0 Å². The summed E-state index contributed by atoms with van der Waals surface area (Å²) in [5.41, 5.74) is 0.470. The number of hydrogen-bond acceptors (Lipinski definition) is 4. The van der Waals surface area contributed by atoms with E-state index in [9.17, 15) is 4.79 Å². The summed E-state index contributed by atoms with van der Waals surface area (Å²) < 4.78 is 11.9. The van der Waals surface area contributed by atoms with Gasteiger partial charge in [0.25, 0.3) is 0 Å². The Hall–Kier alpha value is -1.65. The van der Waals surface area contributed by atoms with Gasteiger partial charge >= 0.3 is 0 Å². The number of nitrogens with zero attached hydrogens (tertiary/aromatic N) is 2. The van der Waals surface area contributed by atoms with Crippen LogP contribution in [0.15, 0.2) is 6.07 Å². The highest BCUT2D eigenvalue weighted by Gasteiger charge is 2.17. The SMILES string of the molecule is COc1cc(C=O)c(OC)n1N(C)C. The van der Waals surface area contributed by atoms with Gasteiger partial charge in [0.05, 0.1) is 19.8 Å². The Morgan fingerprint density at radius 2 is 2.00 bits per heavy atom. The van der Waals surface area contributed by atoms with Crippen molar-refractivity contribution in [3.63, 3.8) is 0 Å². The van der Waals surface area contributed by atoms with E-state index >= 15 is 0 Å². The summed E-state index contributed by atoms with van der Waals surface area (Å²) in [6, 6.07) is 1.63. The second-order valence-electron chi connectivity index (χ2n) is 2.93. The first kappa shape index (κ1) is 10.4. The topological polar surface area (TPSA) is 43.7 Å². The molecular formula is C9H14N2O3. The predicted octanol–water partition coefficient (Wildman–Crippen LogP) is 0.515. The molecule has 0 N–H and O–H groups in total. The van der Waals surface area contributed by atoms with Gasteiger partial charge in [-0.15, -0.1) is 0 Å². The van der Waals surface area contributed by atoms with Crippen molar-refractivity contribution in [2.75, 3.05) is 33.3 Å². The van der Waals surface area contributed by atoms with Crippen LogP contribution < -0.4 is 14.5 Å². The van der Waals surface area contributed by atoms with E-state index in [0.29, 0.717) is 17.3 Å². The third-order valence-electron chi connectivity index (χ3n) is 1.86. The van der Waals surface area contributed by atoms with E-state index in [1.54, 1.807) is 22.9 Å². The van der Waals surface area contributed by atoms with Gasteiger partial charge in [-0.3, -0.25) is 4.79 Å². The fraction of sp³-hybridized carbons (Fsp3) is 0.444. The molecule has 0 atom stereocenters. The largest absolute Gasteiger partial charge is 0.481 e. The van der Waals surface area contributed by atoms with E-state index in [1.165, 1.54) is 7.11 Å². The molecule has 0 radical (unpaired) electrons. The first-order valence-corrected chi connectivity index (χ1v) is 4.12. The van der Waals surface area contributed by atoms with Crippen molar-refractivity contribution in [1.82, 2.24) is 4.68 Å². The van der Waals surface area contributed by atoms with Crippen molar-refractivity contribution in [3.8, 4) is 11.8 Å². The highest BCUT2D eigenvalue weighted by Crippen LogP contribution is 2.27. The lowest BCUT2D eigenvalue weighted by atomic mass is 10.4. The maximum atomic E-state index is 10.7. The van der Waals surface area contributed by atoms with Gasteiger partial charge in [0.1, 0.15) is 0 Å². The minimum Gasteiger partial charge on any atom is -0.481 e. The van der Waals surface area contributed by atoms with Crippen molar-refractivity contribution in [3.05, 3.63) is 11.6 Å². The molecule has 0 saturated heterocycles. The molecule has 1 heterocycles. The molecule has 5 heteroatoms. The maximum absolute atomic E-state index is 10.7. The second-order valence-corrected chi connectivity index (χ2v) is 2.93. The van der Waals surface area contributed by atoms with Crippen molar-refractivity contribution in [1.29, 1.82) is 0 Å². The van der Waals surface area contributed by atoms with Gasteiger partial charge in [-0.1, -0.05) is 0 Å². The van der Waals surface area contributed by atoms with Gasteiger partial charge < -0.3 is 14.5 Å². The van der Waals surface area contributed by atoms with Crippen molar-refractivity contribution >= 4 is 6.29 Å². The van der Waals surface area contributed by atoms with Gasteiger partial charge in [0.15, 0.2) is 6.29 Å². The molecule has 1 rings (SSSR count). The molecule has 0 aliphatic carbocycles. The van der Waals surface area contributed by atoms with E-state index < -0.39 is 0 Å². The number of rotatable bonds is 4. The number of hydrogen-bond donors (Lipinski definition) is 0. The summed E-state index contributed by atoms with van der Waals surface area (Å²) in [5.74, 6) is 1.04. The number of carbonyl (C=O) groups excluding carboxylic acids is 1. The van der Waals surface area contributed by atoms with Gasteiger partial charge in [0.2, 0.25) is 11.8 Å². The summed E-state index contributed by atoms with van der Waals surface area (Å²) in [4.78, 5) is 10.7. The molecular weight excluding hydrogens is 184 g/mol. The third-order valence-corrected chi connectivity index (χ3v) is 1.86. The molecule has 1 aromatic rings. The van der Waals surface area contributed by atoms with Crippen LogP contribution in [0.5, 0.6) is 11.8 Å². The standard InChI is InChI=1S/C9H14N2O3/c1-10(2)11-8(13-3)5-7(6-12)9(11)14-4/h5-6H,1-4H3. The monoisotopic (exact) mass is 198 g/mol. The summed E-state index contributed by atoms with van der Waals surface area (Å²) in [6.45, 7) is 0. The minimum atomic E-state index is 0.470. The first-order valence-electron chi connectivity index (χ1n) is 4.12. The molecule has 0 saturated carbocycles. The minimum absolute atomic E-state index is 0.470. The molecule has 14 heavy (non-hydrogen) atoms. The molecule has 5 nitrogen and oxygen atoms in total. The Labute approximate surface area is 82.8 Å². The normalized spacial score (nSPS) is 9.71. The number of aldehydes is 1. The number of aromatic nitrogens is 1. The van der Waals surface area contributed by atoms with Crippen LogP contribution in [0.4, 0.5) is 0 Å². The Morgan fingerprint density at radius 1 is 1.36 bits per heavy atom. The molecule has 0 spiro atoms. The second kappa shape index (κ2) is 4.04. The van der Waals surface area contributed by atoms with E-state index in [0.717, 1.165) is 6.29 Å². The number of ether oxygens (including phenoxy) is 2. The number of methoxy groups -OCH3 is 2. The Bertz CT molecular complexity index is 331. The van der Waals surface area contributed by atoms with Crippen LogP contribution in [0.1, 0.15) is 10.4 Å². The molecule has 0 aromatic carbocycles. The fourth-order valence-corrected chi connectivity index (χ4v) is 1.29. The fourth-order valence-electron chi connectivity index (χ4n) is 1.29. The quantitative estimate of drug-likeness (QED) is 0.661. The zero-order valence-corrected chi connectivity index (χ0v) is 8.77. The molecule has 0 bridgehead atoms. The van der Waals surface area contributed by atoms with E-state index in [2.05, 4.69) is 0 Å². The van der Waals surface area contributed by atoms with Crippen molar-refractivity contribution in [2.45, 2.75) is 0 Å². The van der Waals surface area contributed by atoms with Crippen LogP contribution in [-0.2, 0) is 0 Å². The van der Waals surface area contributed by atoms with E-state index in [4.69, 9.17) is 9.47 Å². The summed E-state index contributed by atoms with van der Waals surface area (Å²) in [6.07, 6.45) is 0.737. The summed E-state index contributed by atoms with van der Waals surface area (Å²) >= 11 is 0. The first-order chi connectivity index (χ1) is 6.65.